The Morgan fingerprint density at radius 2 is 1.92 bits per heavy atom. The summed E-state index contributed by atoms with van der Waals surface area (Å²) >= 11 is 0. The van der Waals surface area contributed by atoms with Crippen LogP contribution in [0.25, 0.3) is 11.0 Å². The Morgan fingerprint density at radius 3 is 2.72 bits per heavy atom. The number of rotatable bonds is 4. The maximum atomic E-state index is 12.1. The molecule has 0 saturated heterocycles. The molecule has 5 nitrogen and oxygen atoms in total. The van der Waals surface area contributed by atoms with Crippen molar-refractivity contribution in [2.75, 3.05) is 6.61 Å². The van der Waals surface area contributed by atoms with Crippen LogP contribution in [0.3, 0.4) is 0 Å². The molecule has 0 amide bonds. The van der Waals surface area contributed by atoms with Crippen molar-refractivity contribution < 1.29 is 14.4 Å². The fraction of sp³-hybridized carbons (Fsp3) is 0.200. The van der Waals surface area contributed by atoms with Crippen molar-refractivity contribution in [2.24, 2.45) is 5.16 Å². The van der Waals surface area contributed by atoms with Gasteiger partial charge in [0.1, 0.15) is 23.7 Å². The lowest BCUT2D eigenvalue weighted by molar-refractivity contribution is 0.308. The number of benzene rings is 2. The number of aryl methyl sites for hydroxylation is 1. The van der Waals surface area contributed by atoms with E-state index >= 15 is 0 Å². The summed E-state index contributed by atoms with van der Waals surface area (Å²) in [4.78, 5) is 12.1. The van der Waals surface area contributed by atoms with E-state index in [1.807, 2.05) is 42.5 Å². The van der Waals surface area contributed by atoms with Gasteiger partial charge in [0.05, 0.1) is 0 Å². The highest BCUT2D eigenvalue weighted by molar-refractivity contribution is 6.01. The van der Waals surface area contributed by atoms with Crippen molar-refractivity contribution in [3.63, 3.8) is 0 Å². The van der Waals surface area contributed by atoms with Crippen LogP contribution in [0, 0.1) is 0 Å². The average molecular weight is 335 g/mol. The molecule has 126 valence electrons. The minimum atomic E-state index is -0.251. The van der Waals surface area contributed by atoms with Crippen molar-refractivity contribution in [1.29, 1.82) is 0 Å². The third-order valence-electron chi connectivity index (χ3n) is 4.55. The van der Waals surface area contributed by atoms with E-state index in [0.717, 1.165) is 41.3 Å². The molecule has 4 rings (SSSR count). The van der Waals surface area contributed by atoms with E-state index in [0.29, 0.717) is 17.0 Å². The minimum Gasteiger partial charge on any atom is -0.487 e. The van der Waals surface area contributed by atoms with E-state index < -0.39 is 0 Å². The number of oxime groups is 1. The quantitative estimate of drug-likeness (QED) is 0.343. The summed E-state index contributed by atoms with van der Waals surface area (Å²) in [5.74, 6) is 0.561. The summed E-state index contributed by atoms with van der Waals surface area (Å²) in [6.07, 6.45) is 2.69. The van der Waals surface area contributed by atoms with E-state index in [-0.39, 0.29) is 12.2 Å². The zero-order valence-electron chi connectivity index (χ0n) is 13.6. The zero-order valence-corrected chi connectivity index (χ0v) is 13.6. The Balaban J connectivity index is 1.60. The van der Waals surface area contributed by atoms with Gasteiger partial charge in [0.15, 0.2) is 0 Å². The molecular formula is C20H17NO4. The van der Waals surface area contributed by atoms with Gasteiger partial charge in [-0.1, -0.05) is 35.5 Å². The molecule has 3 aromatic rings. The molecule has 1 heterocycles. The van der Waals surface area contributed by atoms with Crippen LogP contribution in [0.15, 0.2) is 62.9 Å². The van der Waals surface area contributed by atoms with Gasteiger partial charge in [-0.15, -0.1) is 0 Å². The van der Waals surface area contributed by atoms with Gasteiger partial charge in [0.2, 0.25) is 0 Å². The van der Waals surface area contributed by atoms with Crippen molar-refractivity contribution >= 4 is 16.7 Å². The van der Waals surface area contributed by atoms with Gasteiger partial charge >= 0.3 is 5.63 Å². The first kappa shape index (κ1) is 15.4. The van der Waals surface area contributed by atoms with E-state index in [1.54, 1.807) is 6.07 Å². The number of hydrogen-bond acceptors (Lipinski definition) is 5. The lowest BCUT2D eigenvalue weighted by Gasteiger charge is -2.09. The van der Waals surface area contributed by atoms with Gasteiger partial charge in [-0.3, -0.25) is 0 Å². The normalized spacial score (nSPS) is 13.8. The van der Waals surface area contributed by atoms with E-state index in [9.17, 15) is 10.0 Å². The maximum absolute atomic E-state index is 12.1. The molecular weight excluding hydrogens is 318 g/mol. The van der Waals surface area contributed by atoms with Crippen LogP contribution >= 0.6 is 0 Å². The predicted octanol–water partition coefficient (Wildman–Crippen LogP) is 3.54. The SMILES string of the molecule is O=c1oc2cc(OC/C(=N/O)c3ccccc3)ccc2c2c1CCC2. The molecule has 2 aromatic carbocycles. The second-order valence-electron chi connectivity index (χ2n) is 6.06. The minimum absolute atomic E-state index is 0.112. The first-order valence-electron chi connectivity index (χ1n) is 8.24. The lowest BCUT2D eigenvalue weighted by atomic mass is 10.1. The summed E-state index contributed by atoms with van der Waals surface area (Å²) in [6.45, 7) is 0.112. The Morgan fingerprint density at radius 1 is 1.12 bits per heavy atom. The summed E-state index contributed by atoms with van der Waals surface area (Å²) in [7, 11) is 0. The molecule has 0 unspecified atom stereocenters. The topological polar surface area (TPSA) is 72.0 Å². The summed E-state index contributed by atoms with van der Waals surface area (Å²) in [5.41, 5.74) is 3.40. The highest BCUT2D eigenvalue weighted by Crippen LogP contribution is 2.29. The van der Waals surface area contributed by atoms with Crippen LogP contribution in [0.2, 0.25) is 0 Å². The van der Waals surface area contributed by atoms with Crippen molar-refractivity contribution in [1.82, 2.24) is 0 Å². The van der Waals surface area contributed by atoms with Crippen molar-refractivity contribution in [3.05, 3.63) is 75.6 Å². The fourth-order valence-electron chi connectivity index (χ4n) is 3.31. The average Bonchev–Trinajstić information content (AvgIpc) is 3.14. The summed E-state index contributed by atoms with van der Waals surface area (Å²) < 4.78 is 11.2. The standard InChI is InChI=1S/C20H17NO4/c22-20-17-8-4-7-15(17)16-10-9-14(11-19(16)25-20)24-12-18(21-23)13-5-2-1-3-6-13/h1-3,5-6,9-11,23H,4,7-8,12H2/b21-18-. The maximum Gasteiger partial charge on any atom is 0.339 e. The lowest BCUT2D eigenvalue weighted by Crippen LogP contribution is -2.13. The van der Waals surface area contributed by atoms with Gasteiger partial charge in [-0.2, -0.15) is 0 Å². The Labute approximate surface area is 144 Å². The highest BCUT2D eigenvalue weighted by Gasteiger charge is 2.19. The molecule has 25 heavy (non-hydrogen) atoms. The van der Waals surface area contributed by atoms with Crippen molar-refractivity contribution in [3.8, 4) is 5.75 Å². The first-order valence-corrected chi connectivity index (χ1v) is 8.24. The van der Waals surface area contributed by atoms with Crippen LogP contribution in [0.5, 0.6) is 5.75 Å². The van der Waals surface area contributed by atoms with Gasteiger partial charge in [0, 0.05) is 22.6 Å². The zero-order chi connectivity index (χ0) is 17.2. The molecule has 0 atom stereocenters. The molecule has 0 saturated carbocycles. The second kappa shape index (κ2) is 6.43. The number of fused-ring (bicyclic) bond motifs is 3. The Hall–Kier alpha value is -3.08. The second-order valence-corrected chi connectivity index (χ2v) is 6.06. The third kappa shape index (κ3) is 2.89. The molecule has 0 radical (unpaired) electrons. The monoisotopic (exact) mass is 335 g/mol. The van der Waals surface area contributed by atoms with Gasteiger partial charge < -0.3 is 14.4 Å². The van der Waals surface area contributed by atoms with E-state index in [1.165, 1.54) is 0 Å². The molecule has 0 aliphatic heterocycles. The fourth-order valence-corrected chi connectivity index (χ4v) is 3.31. The number of hydrogen-bond donors (Lipinski definition) is 1. The largest absolute Gasteiger partial charge is 0.487 e. The van der Waals surface area contributed by atoms with Crippen LogP contribution in [-0.2, 0) is 12.8 Å². The predicted molar refractivity (Wildman–Crippen MR) is 94.8 cm³/mol. The molecule has 1 aromatic heterocycles. The molecule has 1 aliphatic rings. The van der Waals surface area contributed by atoms with Crippen molar-refractivity contribution in [2.45, 2.75) is 19.3 Å². The molecule has 0 bridgehead atoms. The van der Waals surface area contributed by atoms with E-state index in [2.05, 4.69) is 5.16 Å². The third-order valence-corrected chi connectivity index (χ3v) is 4.55. The first-order chi connectivity index (χ1) is 12.3. The molecule has 1 aliphatic carbocycles. The van der Waals surface area contributed by atoms with Gasteiger partial charge in [0.25, 0.3) is 0 Å². The summed E-state index contributed by atoms with van der Waals surface area (Å²) in [5, 5.41) is 13.5. The number of nitrogens with zero attached hydrogens (tertiary/aromatic N) is 1. The van der Waals surface area contributed by atoms with Crippen LogP contribution < -0.4 is 10.4 Å². The van der Waals surface area contributed by atoms with E-state index in [4.69, 9.17) is 9.15 Å². The van der Waals surface area contributed by atoms with Crippen LogP contribution in [0.1, 0.15) is 23.1 Å². The van der Waals surface area contributed by atoms with Crippen LogP contribution in [-0.4, -0.2) is 17.5 Å². The number of ether oxygens (including phenoxy) is 1. The molecule has 5 heteroatoms. The molecule has 1 N–H and O–H groups in total. The Kier molecular flexibility index (Phi) is 3.98. The highest BCUT2D eigenvalue weighted by atomic mass is 16.5. The van der Waals surface area contributed by atoms with Gasteiger partial charge in [-0.25, -0.2) is 4.79 Å². The van der Waals surface area contributed by atoms with Gasteiger partial charge in [-0.05, 0) is 37.0 Å². The molecule has 0 spiro atoms. The summed E-state index contributed by atoms with van der Waals surface area (Å²) in [6, 6.07) is 14.8. The van der Waals surface area contributed by atoms with Crippen LogP contribution in [0.4, 0.5) is 0 Å². The Bertz CT molecular complexity index is 1010. The smallest absolute Gasteiger partial charge is 0.339 e. The molecule has 0 fully saturated rings.